The molecule has 0 bridgehead atoms. The van der Waals surface area contributed by atoms with Crippen LogP contribution in [0.3, 0.4) is 0 Å². The second-order valence-electron chi connectivity index (χ2n) is 3.05. The number of carbonyl (C=O) groups is 1. The second-order valence-corrected chi connectivity index (χ2v) is 3.05. The fraction of sp³-hybridized carbons (Fsp3) is 0.222. The number of nitro benzene ring substituents is 1. The van der Waals surface area contributed by atoms with Crippen LogP contribution in [0.2, 0.25) is 0 Å². The maximum Gasteiger partial charge on any atom is 0.273 e. The van der Waals surface area contributed by atoms with E-state index >= 15 is 0 Å². The zero-order valence-corrected chi connectivity index (χ0v) is 8.34. The van der Waals surface area contributed by atoms with Crippen molar-refractivity contribution in [1.82, 2.24) is 0 Å². The molecule has 0 atom stereocenters. The van der Waals surface area contributed by atoms with Gasteiger partial charge in [-0.05, 0) is 6.07 Å². The number of phenolic OH excluding ortho intramolecular Hbond substituents is 1. The van der Waals surface area contributed by atoms with Crippen LogP contribution in [0.5, 0.6) is 5.75 Å². The van der Waals surface area contributed by atoms with Crippen LogP contribution in [0.4, 0.5) is 11.4 Å². The molecule has 0 unspecified atom stereocenters. The van der Waals surface area contributed by atoms with E-state index in [0.717, 1.165) is 6.07 Å². The SMILES string of the molecule is NCCC(=O)Nc1ccc([N+](=O)[O-])cc1O. The third kappa shape index (κ3) is 2.92. The predicted octanol–water partition coefficient (Wildman–Crippen LogP) is 0.588. The zero-order chi connectivity index (χ0) is 12.1. The van der Waals surface area contributed by atoms with E-state index in [9.17, 15) is 20.0 Å². The Bertz CT molecular complexity index is 419. The van der Waals surface area contributed by atoms with Crippen LogP contribution >= 0.6 is 0 Å². The van der Waals surface area contributed by atoms with Crippen LogP contribution in [-0.2, 0) is 4.79 Å². The summed E-state index contributed by atoms with van der Waals surface area (Å²) in [6.07, 6.45) is 0.121. The first kappa shape index (κ1) is 11.9. The highest BCUT2D eigenvalue weighted by Crippen LogP contribution is 2.27. The van der Waals surface area contributed by atoms with E-state index in [1.807, 2.05) is 0 Å². The summed E-state index contributed by atoms with van der Waals surface area (Å²) in [6.45, 7) is 0.194. The van der Waals surface area contributed by atoms with Gasteiger partial charge in [-0.25, -0.2) is 0 Å². The third-order valence-electron chi connectivity index (χ3n) is 1.84. The number of nitro groups is 1. The van der Waals surface area contributed by atoms with Gasteiger partial charge in [-0.3, -0.25) is 14.9 Å². The number of amides is 1. The molecule has 4 N–H and O–H groups in total. The Morgan fingerprint density at radius 1 is 1.56 bits per heavy atom. The maximum absolute atomic E-state index is 11.1. The van der Waals surface area contributed by atoms with Crippen LogP contribution in [-0.4, -0.2) is 22.5 Å². The Morgan fingerprint density at radius 3 is 2.75 bits per heavy atom. The zero-order valence-electron chi connectivity index (χ0n) is 8.34. The van der Waals surface area contributed by atoms with E-state index in [2.05, 4.69) is 5.32 Å². The number of hydrogen-bond acceptors (Lipinski definition) is 5. The van der Waals surface area contributed by atoms with Crippen molar-refractivity contribution < 1.29 is 14.8 Å². The molecule has 0 heterocycles. The van der Waals surface area contributed by atoms with E-state index in [4.69, 9.17) is 5.73 Å². The third-order valence-corrected chi connectivity index (χ3v) is 1.84. The van der Waals surface area contributed by atoms with Crippen molar-refractivity contribution in [2.24, 2.45) is 5.73 Å². The van der Waals surface area contributed by atoms with Crippen molar-refractivity contribution in [2.45, 2.75) is 6.42 Å². The molecular formula is C9H11N3O4. The lowest BCUT2D eigenvalue weighted by atomic mass is 10.2. The van der Waals surface area contributed by atoms with Crippen molar-refractivity contribution >= 4 is 17.3 Å². The first-order chi connectivity index (χ1) is 7.54. The standard InChI is InChI=1S/C9H11N3O4/c10-4-3-9(14)11-7-2-1-6(12(15)16)5-8(7)13/h1-2,5,13H,3-4,10H2,(H,11,14). The first-order valence-corrected chi connectivity index (χ1v) is 4.52. The fourth-order valence-electron chi connectivity index (χ4n) is 1.08. The Morgan fingerprint density at radius 2 is 2.25 bits per heavy atom. The summed E-state index contributed by atoms with van der Waals surface area (Å²) in [4.78, 5) is 20.9. The van der Waals surface area contributed by atoms with Gasteiger partial charge in [0.2, 0.25) is 5.91 Å². The molecule has 1 aromatic carbocycles. The molecule has 0 spiro atoms. The Kier molecular flexibility index (Phi) is 3.78. The highest BCUT2D eigenvalue weighted by Gasteiger charge is 2.11. The molecule has 0 aromatic heterocycles. The number of nitrogens with one attached hydrogen (secondary N) is 1. The number of anilines is 1. The number of hydrogen-bond donors (Lipinski definition) is 3. The van der Waals surface area contributed by atoms with E-state index in [1.54, 1.807) is 0 Å². The second kappa shape index (κ2) is 5.08. The minimum Gasteiger partial charge on any atom is -0.506 e. The molecule has 7 nitrogen and oxygen atoms in total. The van der Waals surface area contributed by atoms with Gasteiger partial charge in [0, 0.05) is 19.0 Å². The van der Waals surface area contributed by atoms with Gasteiger partial charge in [0.25, 0.3) is 5.69 Å². The van der Waals surface area contributed by atoms with E-state index in [1.165, 1.54) is 12.1 Å². The number of non-ortho nitro benzene ring substituents is 1. The Hall–Kier alpha value is -2.15. The lowest BCUT2D eigenvalue weighted by molar-refractivity contribution is -0.384. The van der Waals surface area contributed by atoms with Gasteiger partial charge in [0.1, 0.15) is 5.75 Å². The van der Waals surface area contributed by atoms with Crippen molar-refractivity contribution in [3.05, 3.63) is 28.3 Å². The van der Waals surface area contributed by atoms with Crippen LogP contribution in [0.25, 0.3) is 0 Å². The van der Waals surface area contributed by atoms with Gasteiger partial charge in [-0.1, -0.05) is 0 Å². The lowest BCUT2D eigenvalue weighted by Gasteiger charge is -2.05. The normalized spacial score (nSPS) is 9.81. The number of benzene rings is 1. The topological polar surface area (TPSA) is 118 Å². The molecule has 0 radical (unpaired) electrons. The molecule has 1 rings (SSSR count). The molecular weight excluding hydrogens is 214 g/mol. The van der Waals surface area contributed by atoms with Crippen molar-refractivity contribution in [3.63, 3.8) is 0 Å². The fourth-order valence-corrected chi connectivity index (χ4v) is 1.08. The first-order valence-electron chi connectivity index (χ1n) is 4.52. The largest absolute Gasteiger partial charge is 0.506 e. The Labute approximate surface area is 91.0 Å². The van der Waals surface area contributed by atoms with E-state index in [0.29, 0.717) is 0 Å². The van der Waals surface area contributed by atoms with Crippen LogP contribution < -0.4 is 11.1 Å². The molecule has 0 fully saturated rings. The minimum absolute atomic E-state index is 0.121. The predicted molar refractivity (Wildman–Crippen MR) is 57.1 cm³/mol. The summed E-state index contributed by atoms with van der Waals surface area (Å²) in [5, 5.41) is 22.2. The molecule has 7 heteroatoms. The smallest absolute Gasteiger partial charge is 0.273 e. The molecule has 0 saturated carbocycles. The number of phenols is 1. The van der Waals surface area contributed by atoms with Crippen molar-refractivity contribution in [1.29, 1.82) is 0 Å². The van der Waals surface area contributed by atoms with E-state index < -0.39 is 4.92 Å². The summed E-state index contributed by atoms with van der Waals surface area (Å²) in [7, 11) is 0. The number of nitrogens with zero attached hydrogens (tertiary/aromatic N) is 1. The summed E-state index contributed by atoms with van der Waals surface area (Å²) in [5.41, 5.74) is 5.06. The number of nitrogens with two attached hydrogens (primary N) is 1. The summed E-state index contributed by atoms with van der Waals surface area (Å²) < 4.78 is 0. The molecule has 16 heavy (non-hydrogen) atoms. The lowest BCUT2D eigenvalue weighted by Crippen LogP contribution is -2.16. The van der Waals surface area contributed by atoms with Crippen LogP contribution in [0.1, 0.15) is 6.42 Å². The number of rotatable bonds is 4. The van der Waals surface area contributed by atoms with Gasteiger partial charge >= 0.3 is 0 Å². The summed E-state index contributed by atoms with van der Waals surface area (Å²) >= 11 is 0. The molecule has 1 aromatic rings. The van der Waals surface area contributed by atoms with Gasteiger partial charge in [0.15, 0.2) is 0 Å². The minimum atomic E-state index is -0.634. The highest BCUT2D eigenvalue weighted by molar-refractivity contribution is 5.92. The Balaban J connectivity index is 2.83. The van der Waals surface area contributed by atoms with Crippen molar-refractivity contribution in [2.75, 3.05) is 11.9 Å². The van der Waals surface area contributed by atoms with Gasteiger partial charge in [-0.15, -0.1) is 0 Å². The van der Waals surface area contributed by atoms with Crippen molar-refractivity contribution in [3.8, 4) is 5.75 Å². The average molecular weight is 225 g/mol. The number of carbonyl (C=O) groups excluding carboxylic acids is 1. The highest BCUT2D eigenvalue weighted by atomic mass is 16.6. The average Bonchev–Trinajstić information content (AvgIpc) is 2.21. The molecule has 1 amide bonds. The molecule has 0 saturated heterocycles. The van der Waals surface area contributed by atoms with Crippen LogP contribution in [0, 0.1) is 10.1 Å². The molecule has 0 aliphatic rings. The molecule has 0 aliphatic carbocycles. The quantitative estimate of drug-likeness (QED) is 0.393. The van der Waals surface area contributed by atoms with Gasteiger partial charge in [-0.2, -0.15) is 0 Å². The van der Waals surface area contributed by atoms with Gasteiger partial charge in [0.05, 0.1) is 16.7 Å². The molecule has 0 aliphatic heterocycles. The summed E-state index contributed by atoms with van der Waals surface area (Å²) in [5.74, 6) is -0.703. The van der Waals surface area contributed by atoms with Gasteiger partial charge < -0.3 is 16.2 Å². The maximum atomic E-state index is 11.1. The van der Waals surface area contributed by atoms with Crippen LogP contribution in [0.15, 0.2) is 18.2 Å². The monoisotopic (exact) mass is 225 g/mol. The molecule has 86 valence electrons. The van der Waals surface area contributed by atoms with E-state index in [-0.39, 0.29) is 36.0 Å². The number of aromatic hydroxyl groups is 1. The summed E-state index contributed by atoms with van der Waals surface area (Å²) in [6, 6.07) is 3.43.